The first-order valence-electron chi connectivity index (χ1n) is 7.29. The molecule has 0 saturated carbocycles. The molecule has 8 nitrogen and oxygen atoms in total. The fraction of sp³-hybridized carbons (Fsp3) is 0.118. The molecule has 1 heterocycles. The van der Waals surface area contributed by atoms with Crippen molar-refractivity contribution in [3.63, 3.8) is 0 Å². The number of nitrogens with one attached hydrogen (secondary N) is 2. The van der Waals surface area contributed by atoms with Gasteiger partial charge in [-0.15, -0.1) is 0 Å². The molecule has 25 heavy (non-hydrogen) atoms. The minimum absolute atomic E-state index is 0.137. The van der Waals surface area contributed by atoms with E-state index >= 15 is 0 Å². The summed E-state index contributed by atoms with van der Waals surface area (Å²) in [7, 11) is 1.28. The van der Waals surface area contributed by atoms with Gasteiger partial charge in [-0.1, -0.05) is 18.2 Å². The number of ether oxygens (including phenoxy) is 1. The number of hydrogen-bond donors (Lipinski definition) is 2. The molecule has 0 aliphatic rings. The van der Waals surface area contributed by atoms with Gasteiger partial charge in [0.05, 0.1) is 31.1 Å². The van der Waals surface area contributed by atoms with Crippen molar-refractivity contribution >= 4 is 24.0 Å². The molecule has 128 valence electrons. The zero-order chi connectivity index (χ0) is 18.1. The van der Waals surface area contributed by atoms with Crippen LogP contribution in [0.4, 0.5) is 0 Å². The van der Waals surface area contributed by atoms with E-state index in [9.17, 15) is 14.4 Å². The van der Waals surface area contributed by atoms with Gasteiger partial charge in [0.25, 0.3) is 0 Å². The molecule has 2 aromatic rings. The number of benzene rings is 1. The number of methoxy groups -OCH3 is 1. The highest BCUT2D eigenvalue weighted by Crippen LogP contribution is 2.04. The highest BCUT2D eigenvalue weighted by Gasteiger charge is 2.12. The van der Waals surface area contributed by atoms with Crippen molar-refractivity contribution < 1.29 is 19.1 Å². The minimum atomic E-state index is -0.906. The van der Waals surface area contributed by atoms with E-state index in [1.165, 1.54) is 13.3 Å². The summed E-state index contributed by atoms with van der Waals surface area (Å²) in [4.78, 5) is 38.8. The summed E-state index contributed by atoms with van der Waals surface area (Å²) in [6, 6.07) is 11.7. The summed E-state index contributed by atoms with van der Waals surface area (Å²) in [5.74, 6) is -2.21. The van der Waals surface area contributed by atoms with Crippen LogP contribution in [0.1, 0.15) is 21.6 Å². The Balaban J connectivity index is 1.85. The van der Waals surface area contributed by atoms with E-state index in [1.807, 2.05) is 0 Å². The van der Waals surface area contributed by atoms with Crippen molar-refractivity contribution in [1.29, 1.82) is 0 Å². The summed E-state index contributed by atoms with van der Waals surface area (Å²) >= 11 is 0. The number of hydrogen-bond acceptors (Lipinski definition) is 6. The number of amides is 2. The van der Waals surface area contributed by atoms with E-state index in [1.54, 1.807) is 48.7 Å². The lowest BCUT2D eigenvalue weighted by Crippen LogP contribution is -2.37. The maximum atomic E-state index is 11.7. The standard InChI is InChI=1S/C17H16N4O4/c1-25-17(24)13-6-4-5-12(9-13)10-20-21-16(23)15(22)19-11-14-7-2-3-8-18-14/h2-10H,11H2,1H3,(H,19,22)(H,21,23)/b20-10-. The quantitative estimate of drug-likeness (QED) is 0.359. The van der Waals surface area contributed by atoms with Crippen molar-refractivity contribution in [2.24, 2.45) is 5.10 Å². The number of pyridine rings is 1. The maximum absolute atomic E-state index is 11.7. The summed E-state index contributed by atoms with van der Waals surface area (Å²) in [6.07, 6.45) is 2.91. The molecule has 0 saturated heterocycles. The molecule has 1 aromatic heterocycles. The Morgan fingerprint density at radius 3 is 2.72 bits per heavy atom. The third-order valence-corrected chi connectivity index (χ3v) is 3.05. The van der Waals surface area contributed by atoms with Gasteiger partial charge in [-0.2, -0.15) is 5.10 Å². The van der Waals surface area contributed by atoms with Crippen LogP contribution in [-0.4, -0.2) is 36.1 Å². The predicted octanol–water partition coefficient (Wildman–Crippen LogP) is 0.635. The molecule has 0 bridgehead atoms. The number of esters is 1. The number of hydrazone groups is 1. The second-order valence-corrected chi connectivity index (χ2v) is 4.82. The molecule has 2 rings (SSSR count). The second kappa shape index (κ2) is 8.92. The Labute approximate surface area is 143 Å². The molecule has 0 aliphatic heterocycles. The van der Waals surface area contributed by atoms with Crippen LogP contribution in [0.2, 0.25) is 0 Å². The Kier molecular flexibility index (Phi) is 6.35. The number of carbonyl (C=O) groups excluding carboxylic acids is 3. The fourth-order valence-corrected chi connectivity index (χ4v) is 1.83. The molecule has 8 heteroatoms. The van der Waals surface area contributed by atoms with E-state index in [0.29, 0.717) is 16.8 Å². The molecular weight excluding hydrogens is 324 g/mol. The highest BCUT2D eigenvalue weighted by atomic mass is 16.5. The molecule has 1 aromatic carbocycles. The molecule has 0 aliphatic carbocycles. The van der Waals surface area contributed by atoms with Crippen LogP contribution >= 0.6 is 0 Å². The molecule has 0 fully saturated rings. The van der Waals surface area contributed by atoms with Gasteiger partial charge in [-0.25, -0.2) is 10.2 Å². The van der Waals surface area contributed by atoms with E-state index < -0.39 is 17.8 Å². The average molecular weight is 340 g/mol. The lowest BCUT2D eigenvalue weighted by molar-refractivity contribution is -0.139. The number of aromatic nitrogens is 1. The molecule has 0 unspecified atom stereocenters. The van der Waals surface area contributed by atoms with Gasteiger partial charge in [0.15, 0.2) is 0 Å². The smallest absolute Gasteiger partial charge is 0.337 e. The second-order valence-electron chi connectivity index (χ2n) is 4.82. The third-order valence-electron chi connectivity index (χ3n) is 3.05. The van der Waals surface area contributed by atoms with Crippen LogP contribution in [0.3, 0.4) is 0 Å². The van der Waals surface area contributed by atoms with Crippen LogP contribution in [0.5, 0.6) is 0 Å². The largest absolute Gasteiger partial charge is 0.465 e. The van der Waals surface area contributed by atoms with Crippen molar-refractivity contribution in [3.05, 3.63) is 65.5 Å². The number of nitrogens with zero attached hydrogens (tertiary/aromatic N) is 2. The van der Waals surface area contributed by atoms with Gasteiger partial charge in [-0.3, -0.25) is 14.6 Å². The monoisotopic (exact) mass is 340 g/mol. The number of rotatable bonds is 5. The van der Waals surface area contributed by atoms with Gasteiger partial charge in [0.2, 0.25) is 0 Å². The molecule has 0 atom stereocenters. The van der Waals surface area contributed by atoms with E-state index in [-0.39, 0.29) is 6.54 Å². The van der Waals surface area contributed by atoms with E-state index in [4.69, 9.17) is 0 Å². The fourth-order valence-electron chi connectivity index (χ4n) is 1.83. The Bertz CT molecular complexity index is 790. The van der Waals surface area contributed by atoms with E-state index in [0.717, 1.165) is 0 Å². The van der Waals surface area contributed by atoms with Crippen molar-refractivity contribution in [2.75, 3.05) is 7.11 Å². The summed E-state index contributed by atoms with van der Waals surface area (Å²) < 4.78 is 4.62. The molecule has 0 spiro atoms. The Hall–Kier alpha value is -3.55. The first-order chi connectivity index (χ1) is 12.1. The normalized spacial score (nSPS) is 10.3. The van der Waals surface area contributed by atoms with E-state index in [2.05, 4.69) is 25.6 Å². The molecule has 2 N–H and O–H groups in total. The van der Waals surface area contributed by atoms with Crippen molar-refractivity contribution in [1.82, 2.24) is 15.7 Å². The van der Waals surface area contributed by atoms with Crippen LogP contribution < -0.4 is 10.7 Å². The molecule has 0 radical (unpaired) electrons. The first kappa shape index (κ1) is 17.8. The summed E-state index contributed by atoms with van der Waals surface area (Å²) in [5.41, 5.74) is 3.66. The van der Waals surface area contributed by atoms with Crippen LogP contribution in [0, 0.1) is 0 Å². The topological polar surface area (TPSA) is 110 Å². The third kappa shape index (κ3) is 5.54. The van der Waals surface area contributed by atoms with Gasteiger partial charge < -0.3 is 10.1 Å². The van der Waals surface area contributed by atoms with Gasteiger partial charge in [0, 0.05) is 6.20 Å². The van der Waals surface area contributed by atoms with Crippen LogP contribution in [0.25, 0.3) is 0 Å². The van der Waals surface area contributed by atoms with Crippen molar-refractivity contribution in [2.45, 2.75) is 6.54 Å². The first-order valence-corrected chi connectivity index (χ1v) is 7.29. The number of carbonyl (C=O) groups is 3. The van der Waals surface area contributed by atoms with Crippen LogP contribution in [0.15, 0.2) is 53.8 Å². The minimum Gasteiger partial charge on any atom is -0.465 e. The predicted molar refractivity (Wildman–Crippen MR) is 89.6 cm³/mol. The van der Waals surface area contributed by atoms with Gasteiger partial charge >= 0.3 is 17.8 Å². The lowest BCUT2D eigenvalue weighted by Gasteiger charge is -2.03. The highest BCUT2D eigenvalue weighted by molar-refractivity contribution is 6.35. The van der Waals surface area contributed by atoms with Gasteiger partial charge in [0.1, 0.15) is 0 Å². The van der Waals surface area contributed by atoms with Crippen molar-refractivity contribution in [3.8, 4) is 0 Å². The summed E-state index contributed by atoms with van der Waals surface area (Å²) in [6.45, 7) is 0.137. The zero-order valence-corrected chi connectivity index (χ0v) is 13.4. The molecule has 2 amide bonds. The summed E-state index contributed by atoms with van der Waals surface area (Å²) in [5, 5.41) is 6.12. The lowest BCUT2D eigenvalue weighted by atomic mass is 10.1. The van der Waals surface area contributed by atoms with Crippen LogP contribution in [-0.2, 0) is 20.9 Å². The van der Waals surface area contributed by atoms with Gasteiger partial charge in [-0.05, 0) is 29.8 Å². The Morgan fingerprint density at radius 1 is 1.16 bits per heavy atom. The molecular formula is C17H16N4O4. The maximum Gasteiger partial charge on any atom is 0.337 e. The zero-order valence-electron chi connectivity index (χ0n) is 13.4. The Morgan fingerprint density at radius 2 is 2.00 bits per heavy atom. The average Bonchev–Trinajstić information content (AvgIpc) is 2.66. The SMILES string of the molecule is COC(=O)c1cccc(/C=N\NC(=O)C(=O)NCc2ccccn2)c1.